The average molecular weight is 354 g/mol. The van der Waals surface area contributed by atoms with Crippen molar-refractivity contribution in [2.24, 2.45) is 7.05 Å². The lowest BCUT2D eigenvalue weighted by Gasteiger charge is -2.14. The molecular weight excluding hydrogens is 333 g/mol. The van der Waals surface area contributed by atoms with Crippen LogP contribution in [0, 0.1) is 5.82 Å². The summed E-state index contributed by atoms with van der Waals surface area (Å²) in [4.78, 5) is 0. The molecular formula is C16H21BrFN3. The molecule has 0 saturated heterocycles. The highest BCUT2D eigenvalue weighted by Gasteiger charge is 2.13. The lowest BCUT2D eigenvalue weighted by molar-refractivity contribution is 0.524. The molecule has 1 aromatic carbocycles. The van der Waals surface area contributed by atoms with Gasteiger partial charge < -0.3 is 5.32 Å². The maximum absolute atomic E-state index is 12.9. The zero-order valence-electron chi connectivity index (χ0n) is 12.7. The van der Waals surface area contributed by atoms with Gasteiger partial charge in [0.2, 0.25) is 0 Å². The summed E-state index contributed by atoms with van der Waals surface area (Å²) in [5.74, 6) is -0.190. The Hall–Kier alpha value is -1.20. The Kier molecular flexibility index (Phi) is 5.53. The van der Waals surface area contributed by atoms with Crippen LogP contribution in [0.25, 0.3) is 0 Å². The quantitative estimate of drug-likeness (QED) is 0.859. The average Bonchev–Trinajstić information content (AvgIpc) is 2.74. The fraction of sp³-hybridized carbons (Fsp3) is 0.438. The molecule has 0 aliphatic heterocycles. The number of aromatic nitrogens is 2. The van der Waals surface area contributed by atoms with E-state index in [0.717, 1.165) is 40.8 Å². The molecule has 1 N–H and O–H groups in total. The number of halogens is 2. The minimum Gasteiger partial charge on any atom is -0.308 e. The largest absolute Gasteiger partial charge is 0.308 e. The number of aryl methyl sites for hydroxylation is 2. The molecule has 0 aliphatic carbocycles. The van der Waals surface area contributed by atoms with Crippen LogP contribution in [0.3, 0.4) is 0 Å². The second kappa shape index (κ2) is 7.18. The number of benzene rings is 1. The fourth-order valence-electron chi connectivity index (χ4n) is 2.33. The van der Waals surface area contributed by atoms with Crippen molar-refractivity contribution >= 4 is 15.9 Å². The Bertz CT molecular complexity index is 592. The zero-order valence-corrected chi connectivity index (χ0v) is 14.2. The van der Waals surface area contributed by atoms with Gasteiger partial charge in [0.1, 0.15) is 5.82 Å². The summed E-state index contributed by atoms with van der Waals surface area (Å²) in [6, 6.07) is 6.99. The lowest BCUT2D eigenvalue weighted by Crippen LogP contribution is -2.28. The molecule has 1 unspecified atom stereocenters. The van der Waals surface area contributed by atoms with Gasteiger partial charge in [0, 0.05) is 19.6 Å². The molecule has 0 amide bonds. The zero-order chi connectivity index (χ0) is 15.4. The second-order valence-electron chi connectivity index (χ2n) is 5.30. The summed E-state index contributed by atoms with van der Waals surface area (Å²) in [5.41, 5.74) is 3.37. The molecule has 3 nitrogen and oxygen atoms in total. The van der Waals surface area contributed by atoms with Crippen LogP contribution in [0.1, 0.15) is 30.8 Å². The third-order valence-corrected chi connectivity index (χ3v) is 4.49. The van der Waals surface area contributed by atoms with Crippen LogP contribution in [-0.4, -0.2) is 15.8 Å². The number of rotatable bonds is 6. The van der Waals surface area contributed by atoms with E-state index in [4.69, 9.17) is 0 Å². The number of hydrogen-bond donors (Lipinski definition) is 1. The maximum atomic E-state index is 12.9. The molecule has 0 bridgehead atoms. The summed E-state index contributed by atoms with van der Waals surface area (Å²) in [5, 5.41) is 7.98. The standard InChI is InChI=1S/C16H21BrFN3/c1-4-14-16(17)15(21(3)20-14)10-19-11(2)9-12-5-7-13(18)8-6-12/h5-8,11,19H,4,9-10H2,1-3H3. The van der Waals surface area contributed by atoms with Crippen LogP contribution in [0.2, 0.25) is 0 Å². The van der Waals surface area contributed by atoms with E-state index in [1.54, 1.807) is 0 Å². The summed E-state index contributed by atoms with van der Waals surface area (Å²) < 4.78 is 15.9. The van der Waals surface area contributed by atoms with E-state index in [1.807, 2.05) is 23.9 Å². The van der Waals surface area contributed by atoms with E-state index < -0.39 is 0 Å². The smallest absolute Gasteiger partial charge is 0.123 e. The van der Waals surface area contributed by atoms with Crippen molar-refractivity contribution in [3.63, 3.8) is 0 Å². The fourth-order valence-corrected chi connectivity index (χ4v) is 3.09. The number of nitrogens with zero attached hydrogens (tertiary/aromatic N) is 2. The van der Waals surface area contributed by atoms with Crippen LogP contribution >= 0.6 is 15.9 Å². The van der Waals surface area contributed by atoms with Gasteiger partial charge in [-0.2, -0.15) is 5.10 Å². The van der Waals surface area contributed by atoms with Gasteiger partial charge in [-0.25, -0.2) is 4.39 Å². The van der Waals surface area contributed by atoms with Gasteiger partial charge >= 0.3 is 0 Å². The van der Waals surface area contributed by atoms with Gasteiger partial charge in [-0.1, -0.05) is 19.1 Å². The molecule has 0 fully saturated rings. The molecule has 0 radical (unpaired) electrons. The normalized spacial score (nSPS) is 12.6. The second-order valence-corrected chi connectivity index (χ2v) is 6.09. The highest BCUT2D eigenvalue weighted by Crippen LogP contribution is 2.21. The molecule has 1 aromatic heterocycles. The molecule has 2 rings (SSSR count). The minimum absolute atomic E-state index is 0.190. The van der Waals surface area contributed by atoms with Crippen LogP contribution in [0.15, 0.2) is 28.7 Å². The summed E-state index contributed by atoms with van der Waals surface area (Å²) >= 11 is 3.62. The number of nitrogens with one attached hydrogen (secondary N) is 1. The van der Waals surface area contributed by atoms with E-state index in [1.165, 1.54) is 12.1 Å². The summed E-state index contributed by atoms with van der Waals surface area (Å²) in [7, 11) is 1.96. The summed E-state index contributed by atoms with van der Waals surface area (Å²) in [6.07, 6.45) is 1.79. The van der Waals surface area contributed by atoms with Gasteiger partial charge in [0.15, 0.2) is 0 Å². The monoisotopic (exact) mass is 353 g/mol. The lowest BCUT2D eigenvalue weighted by atomic mass is 10.1. The highest BCUT2D eigenvalue weighted by atomic mass is 79.9. The van der Waals surface area contributed by atoms with E-state index in [2.05, 4.69) is 40.2 Å². The Morgan fingerprint density at radius 2 is 2.00 bits per heavy atom. The van der Waals surface area contributed by atoms with E-state index in [9.17, 15) is 4.39 Å². The Morgan fingerprint density at radius 1 is 1.33 bits per heavy atom. The molecule has 1 heterocycles. The first-order valence-electron chi connectivity index (χ1n) is 7.19. The van der Waals surface area contributed by atoms with E-state index in [-0.39, 0.29) is 5.82 Å². The minimum atomic E-state index is -0.190. The van der Waals surface area contributed by atoms with Crippen molar-refractivity contribution in [1.82, 2.24) is 15.1 Å². The predicted octanol–water partition coefficient (Wildman–Crippen LogP) is 3.60. The molecule has 5 heteroatoms. The Labute approximate surface area is 133 Å². The first-order chi connectivity index (χ1) is 10.0. The van der Waals surface area contributed by atoms with Gasteiger partial charge in [-0.05, 0) is 53.4 Å². The SMILES string of the molecule is CCc1nn(C)c(CNC(C)Cc2ccc(F)cc2)c1Br. The van der Waals surface area contributed by atoms with E-state index >= 15 is 0 Å². The molecule has 0 saturated carbocycles. The van der Waals surface area contributed by atoms with Crippen LogP contribution < -0.4 is 5.32 Å². The van der Waals surface area contributed by atoms with Crippen molar-refractivity contribution in [3.8, 4) is 0 Å². The van der Waals surface area contributed by atoms with Crippen molar-refractivity contribution in [2.75, 3.05) is 0 Å². The van der Waals surface area contributed by atoms with Gasteiger partial charge in [-0.3, -0.25) is 4.68 Å². The van der Waals surface area contributed by atoms with E-state index in [0.29, 0.717) is 6.04 Å². The molecule has 2 aromatic rings. The first kappa shape index (κ1) is 16.2. The summed E-state index contributed by atoms with van der Waals surface area (Å²) in [6.45, 7) is 4.99. The van der Waals surface area contributed by atoms with Gasteiger partial charge in [0.25, 0.3) is 0 Å². The van der Waals surface area contributed by atoms with Crippen molar-refractivity contribution in [2.45, 2.75) is 39.3 Å². The van der Waals surface area contributed by atoms with Crippen LogP contribution in [0.5, 0.6) is 0 Å². The topological polar surface area (TPSA) is 29.9 Å². The first-order valence-corrected chi connectivity index (χ1v) is 7.98. The molecule has 0 aliphatic rings. The molecule has 114 valence electrons. The Morgan fingerprint density at radius 3 is 2.57 bits per heavy atom. The van der Waals surface area contributed by atoms with Crippen LogP contribution in [-0.2, 0) is 26.4 Å². The third-order valence-electron chi connectivity index (χ3n) is 3.58. The van der Waals surface area contributed by atoms with Crippen molar-refractivity contribution in [3.05, 3.63) is 51.5 Å². The van der Waals surface area contributed by atoms with Gasteiger partial charge in [-0.15, -0.1) is 0 Å². The van der Waals surface area contributed by atoms with Gasteiger partial charge in [0.05, 0.1) is 15.9 Å². The van der Waals surface area contributed by atoms with Crippen molar-refractivity contribution in [1.29, 1.82) is 0 Å². The Balaban J connectivity index is 1.93. The number of hydrogen-bond acceptors (Lipinski definition) is 2. The molecule has 21 heavy (non-hydrogen) atoms. The maximum Gasteiger partial charge on any atom is 0.123 e. The molecule has 0 spiro atoms. The molecule has 1 atom stereocenters. The predicted molar refractivity (Wildman–Crippen MR) is 86.7 cm³/mol. The van der Waals surface area contributed by atoms with Crippen LogP contribution in [0.4, 0.5) is 4.39 Å². The third kappa shape index (κ3) is 4.14. The highest BCUT2D eigenvalue weighted by molar-refractivity contribution is 9.10. The van der Waals surface area contributed by atoms with Crippen molar-refractivity contribution < 1.29 is 4.39 Å².